The van der Waals surface area contributed by atoms with Crippen LogP contribution in [0.5, 0.6) is 0 Å². The minimum atomic E-state index is -0.400. The van der Waals surface area contributed by atoms with Gasteiger partial charge in [0, 0.05) is 24.9 Å². The quantitative estimate of drug-likeness (QED) is 0.658. The molecule has 0 aliphatic carbocycles. The number of rotatable bonds is 4. The molecule has 1 heterocycles. The third kappa shape index (κ3) is 2.89. The van der Waals surface area contributed by atoms with Gasteiger partial charge in [0.25, 0.3) is 5.69 Å². The van der Waals surface area contributed by atoms with E-state index in [0.29, 0.717) is 13.0 Å². The Morgan fingerprint density at radius 2 is 1.89 bits per heavy atom. The van der Waals surface area contributed by atoms with E-state index in [0.717, 1.165) is 16.8 Å². The Kier molecular flexibility index (Phi) is 3.64. The van der Waals surface area contributed by atoms with Crippen molar-refractivity contribution in [1.82, 2.24) is 4.98 Å². The van der Waals surface area contributed by atoms with E-state index in [4.69, 9.17) is 5.73 Å². The van der Waals surface area contributed by atoms with Crippen LogP contribution in [0.4, 0.5) is 5.69 Å². The second-order valence-corrected chi connectivity index (χ2v) is 3.96. The van der Waals surface area contributed by atoms with Crippen LogP contribution >= 0.6 is 0 Å². The average Bonchev–Trinajstić information content (AvgIpc) is 2.39. The predicted molar refractivity (Wildman–Crippen MR) is 68.0 cm³/mol. The minimum Gasteiger partial charge on any atom is -0.325 e. The molecule has 92 valence electrons. The van der Waals surface area contributed by atoms with Crippen molar-refractivity contribution in [3.63, 3.8) is 0 Å². The standard InChI is InChI=1S/C13H13N3O2/c14-9-12-8-11(5-6-15-12)7-10-1-3-13(4-2-10)16(17)18/h1-6,8H,7,9,14H2. The van der Waals surface area contributed by atoms with E-state index >= 15 is 0 Å². The molecule has 0 amide bonds. The van der Waals surface area contributed by atoms with Gasteiger partial charge in [0.2, 0.25) is 0 Å². The van der Waals surface area contributed by atoms with Gasteiger partial charge in [-0.25, -0.2) is 0 Å². The van der Waals surface area contributed by atoms with Crippen molar-refractivity contribution in [1.29, 1.82) is 0 Å². The summed E-state index contributed by atoms with van der Waals surface area (Å²) in [6, 6.07) is 10.4. The molecule has 18 heavy (non-hydrogen) atoms. The van der Waals surface area contributed by atoms with Crippen LogP contribution in [0.15, 0.2) is 42.6 Å². The molecule has 2 aromatic rings. The Balaban J connectivity index is 2.15. The molecule has 0 spiro atoms. The SMILES string of the molecule is NCc1cc(Cc2ccc([N+](=O)[O-])cc2)ccn1. The molecule has 0 atom stereocenters. The lowest BCUT2D eigenvalue weighted by Gasteiger charge is -2.03. The molecular weight excluding hydrogens is 230 g/mol. The number of nitrogens with two attached hydrogens (primary N) is 1. The van der Waals surface area contributed by atoms with Gasteiger partial charge in [-0.3, -0.25) is 15.1 Å². The van der Waals surface area contributed by atoms with Crippen LogP contribution in [-0.4, -0.2) is 9.91 Å². The molecular formula is C13H13N3O2. The summed E-state index contributed by atoms with van der Waals surface area (Å²) in [6.45, 7) is 0.411. The molecule has 0 bridgehead atoms. The third-order valence-corrected chi connectivity index (χ3v) is 2.65. The molecule has 0 unspecified atom stereocenters. The number of hydrogen-bond donors (Lipinski definition) is 1. The molecule has 0 saturated carbocycles. The predicted octanol–water partition coefficient (Wildman–Crippen LogP) is 2.04. The van der Waals surface area contributed by atoms with Crippen LogP contribution in [0, 0.1) is 10.1 Å². The molecule has 2 N–H and O–H groups in total. The van der Waals surface area contributed by atoms with Crippen molar-refractivity contribution in [2.75, 3.05) is 0 Å². The first kappa shape index (κ1) is 12.2. The van der Waals surface area contributed by atoms with E-state index in [1.54, 1.807) is 18.3 Å². The molecule has 0 radical (unpaired) electrons. The number of nitro groups is 1. The summed E-state index contributed by atoms with van der Waals surface area (Å²) in [5.74, 6) is 0. The highest BCUT2D eigenvalue weighted by atomic mass is 16.6. The van der Waals surface area contributed by atoms with E-state index in [2.05, 4.69) is 4.98 Å². The maximum Gasteiger partial charge on any atom is 0.269 e. The first-order valence-electron chi connectivity index (χ1n) is 5.56. The number of nitro benzene ring substituents is 1. The minimum absolute atomic E-state index is 0.108. The summed E-state index contributed by atoms with van der Waals surface area (Å²) in [6.07, 6.45) is 2.44. The lowest BCUT2D eigenvalue weighted by atomic mass is 10.1. The molecule has 0 aliphatic heterocycles. The third-order valence-electron chi connectivity index (χ3n) is 2.65. The van der Waals surface area contributed by atoms with Crippen molar-refractivity contribution in [2.24, 2.45) is 5.73 Å². The van der Waals surface area contributed by atoms with Gasteiger partial charge in [0.1, 0.15) is 0 Å². The molecule has 0 aliphatic rings. The van der Waals surface area contributed by atoms with Crippen LogP contribution in [0.1, 0.15) is 16.8 Å². The lowest BCUT2D eigenvalue weighted by molar-refractivity contribution is -0.384. The number of non-ortho nitro benzene ring substituents is 1. The van der Waals surface area contributed by atoms with Gasteiger partial charge in [-0.15, -0.1) is 0 Å². The van der Waals surface area contributed by atoms with E-state index in [1.165, 1.54) is 12.1 Å². The van der Waals surface area contributed by atoms with Crippen molar-refractivity contribution in [3.8, 4) is 0 Å². The Labute approximate surface area is 104 Å². The second-order valence-electron chi connectivity index (χ2n) is 3.96. The Morgan fingerprint density at radius 3 is 2.50 bits per heavy atom. The van der Waals surface area contributed by atoms with Crippen LogP contribution in [0.2, 0.25) is 0 Å². The van der Waals surface area contributed by atoms with Gasteiger partial charge in [-0.05, 0) is 29.7 Å². The fourth-order valence-corrected chi connectivity index (χ4v) is 1.72. The molecule has 2 rings (SSSR count). The van der Waals surface area contributed by atoms with E-state index in [9.17, 15) is 10.1 Å². The van der Waals surface area contributed by atoms with Crippen molar-refractivity contribution in [3.05, 3.63) is 69.5 Å². The van der Waals surface area contributed by atoms with Crippen LogP contribution < -0.4 is 5.73 Å². The van der Waals surface area contributed by atoms with Crippen LogP contribution in [0.25, 0.3) is 0 Å². The van der Waals surface area contributed by atoms with Gasteiger partial charge in [0.15, 0.2) is 0 Å². The average molecular weight is 243 g/mol. The zero-order valence-electron chi connectivity index (χ0n) is 9.74. The monoisotopic (exact) mass is 243 g/mol. The first-order valence-corrected chi connectivity index (χ1v) is 5.56. The lowest BCUT2D eigenvalue weighted by Crippen LogP contribution is -2.00. The van der Waals surface area contributed by atoms with E-state index < -0.39 is 4.92 Å². The number of aromatic nitrogens is 1. The highest BCUT2D eigenvalue weighted by molar-refractivity contribution is 5.35. The summed E-state index contributed by atoms with van der Waals surface area (Å²) in [5.41, 5.74) is 8.60. The Bertz CT molecular complexity index is 552. The van der Waals surface area contributed by atoms with Gasteiger partial charge >= 0.3 is 0 Å². The highest BCUT2D eigenvalue weighted by Crippen LogP contribution is 2.15. The highest BCUT2D eigenvalue weighted by Gasteiger charge is 2.04. The summed E-state index contributed by atoms with van der Waals surface area (Å²) >= 11 is 0. The molecule has 1 aromatic heterocycles. The summed E-state index contributed by atoms with van der Waals surface area (Å²) in [5, 5.41) is 10.5. The topological polar surface area (TPSA) is 82.0 Å². The summed E-state index contributed by atoms with van der Waals surface area (Å²) < 4.78 is 0. The first-order chi connectivity index (χ1) is 8.69. The zero-order chi connectivity index (χ0) is 13.0. The van der Waals surface area contributed by atoms with Crippen molar-refractivity contribution < 1.29 is 4.92 Å². The van der Waals surface area contributed by atoms with E-state index in [1.807, 2.05) is 12.1 Å². The maximum atomic E-state index is 10.5. The number of nitrogens with zero attached hydrogens (tertiary/aromatic N) is 2. The van der Waals surface area contributed by atoms with Gasteiger partial charge in [-0.1, -0.05) is 12.1 Å². The Hall–Kier alpha value is -2.27. The molecule has 0 fully saturated rings. The summed E-state index contributed by atoms with van der Waals surface area (Å²) in [4.78, 5) is 14.3. The van der Waals surface area contributed by atoms with Gasteiger partial charge in [0.05, 0.1) is 10.6 Å². The van der Waals surface area contributed by atoms with Crippen LogP contribution in [-0.2, 0) is 13.0 Å². The van der Waals surface area contributed by atoms with Crippen molar-refractivity contribution >= 4 is 5.69 Å². The largest absolute Gasteiger partial charge is 0.325 e. The van der Waals surface area contributed by atoms with Crippen LogP contribution in [0.3, 0.4) is 0 Å². The van der Waals surface area contributed by atoms with Gasteiger partial charge in [-0.2, -0.15) is 0 Å². The molecule has 0 saturated heterocycles. The van der Waals surface area contributed by atoms with Crippen molar-refractivity contribution in [2.45, 2.75) is 13.0 Å². The number of benzene rings is 1. The number of hydrogen-bond acceptors (Lipinski definition) is 4. The van der Waals surface area contributed by atoms with E-state index in [-0.39, 0.29) is 5.69 Å². The molecule has 1 aromatic carbocycles. The fraction of sp³-hybridized carbons (Fsp3) is 0.154. The fourth-order valence-electron chi connectivity index (χ4n) is 1.72. The smallest absolute Gasteiger partial charge is 0.269 e. The normalized spacial score (nSPS) is 10.3. The molecule has 5 heteroatoms. The molecule has 5 nitrogen and oxygen atoms in total. The van der Waals surface area contributed by atoms with Gasteiger partial charge < -0.3 is 5.73 Å². The Morgan fingerprint density at radius 1 is 1.17 bits per heavy atom. The summed E-state index contributed by atoms with van der Waals surface area (Å²) in [7, 11) is 0. The second kappa shape index (κ2) is 5.37. The zero-order valence-corrected chi connectivity index (χ0v) is 9.74. The maximum absolute atomic E-state index is 10.5. The number of pyridine rings is 1.